The molecular weight excluding hydrogens is 188 g/mol. The summed E-state index contributed by atoms with van der Waals surface area (Å²) in [5.41, 5.74) is -0.828. The molecule has 15 heavy (non-hydrogen) atoms. The Hall–Kier alpha value is -0.790. The van der Waals surface area contributed by atoms with E-state index in [0.717, 1.165) is 25.7 Å². The van der Waals surface area contributed by atoms with Crippen LogP contribution in [0.2, 0.25) is 0 Å². The molecule has 2 heteroatoms. The second-order valence-corrected chi connectivity index (χ2v) is 5.61. The lowest BCUT2D eigenvalue weighted by molar-refractivity contribution is -0.163. The zero-order valence-corrected chi connectivity index (χ0v) is 10.0. The van der Waals surface area contributed by atoms with E-state index in [9.17, 15) is 9.90 Å². The fourth-order valence-corrected chi connectivity index (χ4v) is 3.04. The minimum atomic E-state index is -0.653. The summed E-state index contributed by atoms with van der Waals surface area (Å²) >= 11 is 0. The van der Waals surface area contributed by atoms with Crippen molar-refractivity contribution in [3.05, 3.63) is 12.7 Å². The first kappa shape index (κ1) is 12.3. The number of carbonyl (C=O) groups is 1. The lowest BCUT2D eigenvalue weighted by Crippen LogP contribution is -2.49. The van der Waals surface area contributed by atoms with Gasteiger partial charge in [0.15, 0.2) is 0 Å². The summed E-state index contributed by atoms with van der Waals surface area (Å²) < 4.78 is 0. The molecule has 86 valence electrons. The van der Waals surface area contributed by atoms with E-state index in [0.29, 0.717) is 0 Å². The molecule has 2 nitrogen and oxygen atoms in total. The summed E-state index contributed by atoms with van der Waals surface area (Å²) in [6.07, 6.45) is 5.74. The topological polar surface area (TPSA) is 37.3 Å². The van der Waals surface area contributed by atoms with Gasteiger partial charge in [-0.25, -0.2) is 0 Å². The minimum Gasteiger partial charge on any atom is -0.481 e. The van der Waals surface area contributed by atoms with Crippen molar-refractivity contribution in [2.75, 3.05) is 0 Å². The summed E-state index contributed by atoms with van der Waals surface area (Å²) in [5.74, 6) is -0.539. The molecule has 1 saturated carbocycles. The second kappa shape index (κ2) is 3.99. The first-order valence-electron chi connectivity index (χ1n) is 5.72. The number of rotatable bonds is 2. The third-order valence-corrected chi connectivity index (χ3v) is 3.97. The van der Waals surface area contributed by atoms with E-state index >= 15 is 0 Å². The molecule has 1 rings (SSSR count). The van der Waals surface area contributed by atoms with Gasteiger partial charge in [0, 0.05) is 0 Å². The maximum atomic E-state index is 11.6. The molecule has 1 fully saturated rings. The number of hydrogen-bond donors (Lipinski definition) is 1. The lowest BCUT2D eigenvalue weighted by atomic mass is 9.54. The average molecular weight is 210 g/mol. The van der Waals surface area contributed by atoms with Gasteiger partial charge >= 0.3 is 5.97 Å². The number of hydrogen-bond acceptors (Lipinski definition) is 1. The molecule has 1 aliphatic carbocycles. The smallest absolute Gasteiger partial charge is 0.310 e. The molecule has 0 spiro atoms. The molecule has 0 amide bonds. The van der Waals surface area contributed by atoms with Crippen molar-refractivity contribution >= 4 is 5.97 Å². The zero-order valence-electron chi connectivity index (χ0n) is 10.0. The van der Waals surface area contributed by atoms with E-state index in [1.165, 1.54) is 0 Å². The van der Waals surface area contributed by atoms with Crippen molar-refractivity contribution < 1.29 is 9.90 Å². The molecule has 0 aromatic heterocycles. The maximum absolute atomic E-state index is 11.6. The molecule has 0 aromatic rings. The summed E-state index contributed by atoms with van der Waals surface area (Å²) in [4.78, 5) is 11.6. The summed E-state index contributed by atoms with van der Waals surface area (Å²) in [5, 5.41) is 9.58. The number of carboxylic acid groups (broad SMARTS) is 1. The average Bonchev–Trinajstić information content (AvgIpc) is 2.15. The van der Waals surface area contributed by atoms with Gasteiger partial charge in [0.25, 0.3) is 0 Å². The molecule has 0 radical (unpaired) electrons. The third-order valence-electron chi connectivity index (χ3n) is 3.97. The summed E-state index contributed by atoms with van der Waals surface area (Å²) in [6.45, 7) is 9.90. The molecule has 0 saturated heterocycles. The van der Waals surface area contributed by atoms with Crippen LogP contribution in [0.1, 0.15) is 46.5 Å². The first-order chi connectivity index (χ1) is 6.86. The molecule has 2 atom stereocenters. The highest BCUT2D eigenvalue weighted by Gasteiger charge is 2.53. The maximum Gasteiger partial charge on any atom is 0.310 e. The number of allylic oxidation sites excluding steroid dienone is 1. The van der Waals surface area contributed by atoms with E-state index < -0.39 is 11.4 Å². The van der Waals surface area contributed by atoms with E-state index in [-0.39, 0.29) is 11.3 Å². The van der Waals surface area contributed by atoms with Gasteiger partial charge in [-0.1, -0.05) is 39.7 Å². The van der Waals surface area contributed by atoms with E-state index in [1.807, 2.05) is 26.8 Å². The van der Waals surface area contributed by atoms with Crippen molar-refractivity contribution in [2.45, 2.75) is 46.5 Å². The van der Waals surface area contributed by atoms with Gasteiger partial charge in [-0.3, -0.25) is 4.79 Å². The summed E-state index contributed by atoms with van der Waals surface area (Å²) in [6, 6.07) is 0. The van der Waals surface area contributed by atoms with Crippen molar-refractivity contribution in [1.29, 1.82) is 0 Å². The molecule has 1 aliphatic rings. The Kier molecular flexibility index (Phi) is 3.27. The van der Waals surface area contributed by atoms with Crippen molar-refractivity contribution in [2.24, 2.45) is 16.7 Å². The van der Waals surface area contributed by atoms with Crippen LogP contribution in [0.5, 0.6) is 0 Å². The highest BCUT2D eigenvalue weighted by molar-refractivity contribution is 5.76. The molecule has 0 aromatic carbocycles. The Bertz CT molecular complexity index is 262. The highest BCUT2D eigenvalue weighted by atomic mass is 16.4. The van der Waals surface area contributed by atoms with Crippen LogP contribution in [-0.4, -0.2) is 11.1 Å². The quantitative estimate of drug-likeness (QED) is 0.708. The Balaban J connectivity index is 3.17. The van der Waals surface area contributed by atoms with Crippen LogP contribution in [0.3, 0.4) is 0 Å². The Morgan fingerprint density at radius 3 is 2.40 bits per heavy atom. The fourth-order valence-electron chi connectivity index (χ4n) is 3.04. The van der Waals surface area contributed by atoms with Crippen molar-refractivity contribution in [3.8, 4) is 0 Å². The van der Waals surface area contributed by atoms with Crippen LogP contribution >= 0.6 is 0 Å². The predicted molar refractivity (Wildman–Crippen MR) is 61.7 cm³/mol. The van der Waals surface area contributed by atoms with Gasteiger partial charge in [0.05, 0.1) is 5.41 Å². The van der Waals surface area contributed by atoms with Gasteiger partial charge in [-0.15, -0.1) is 6.58 Å². The van der Waals surface area contributed by atoms with Crippen LogP contribution in [0.25, 0.3) is 0 Å². The Morgan fingerprint density at radius 1 is 1.47 bits per heavy atom. The largest absolute Gasteiger partial charge is 0.481 e. The minimum absolute atomic E-state index is 0.115. The number of carboxylic acids is 1. The zero-order chi connectivity index (χ0) is 11.7. The summed E-state index contributed by atoms with van der Waals surface area (Å²) in [7, 11) is 0. The molecule has 0 bridgehead atoms. The first-order valence-corrected chi connectivity index (χ1v) is 5.72. The molecule has 2 unspecified atom stereocenters. The van der Waals surface area contributed by atoms with Crippen molar-refractivity contribution in [3.63, 3.8) is 0 Å². The van der Waals surface area contributed by atoms with Crippen LogP contribution in [-0.2, 0) is 4.79 Å². The number of aliphatic carboxylic acids is 1. The third kappa shape index (κ3) is 1.82. The van der Waals surface area contributed by atoms with Crippen molar-refractivity contribution in [1.82, 2.24) is 0 Å². The van der Waals surface area contributed by atoms with E-state index in [4.69, 9.17) is 0 Å². The lowest BCUT2D eigenvalue weighted by Gasteiger charge is -2.48. The monoisotopic (exact) mass is 210 g/mol. The molecular formula is C13H22O2. The van der Waals surface area contributed by atoms with Crippen LogP contribution in [0.4, 0.5) is 0 Å². The van der Waals surface area contributed by atoms with E-state index in [2.05, 4.69) is 6.58 Å². The molecule has 0 aliphatic heterocycles. The van der Waals surface area contributed by atoms with Crippen LogP contribution in [0.15, 0.2) is 12.7 Å². The van der Waals surface area contributed by atoms with Crippen LogP contribution < -0.4 is 0 Å². The standard InChI is InChI=1S/C13H22O2/c1-5-10-8-6-7-9-13(10,11(14)15)12(2,3)4/h5,10H,1,6-9H2,2-4H3,(H,14,15). The predicted octanol–water partition coefficient (Wildman–Crippen LogP) is 3.48. The van der Waals surface area contributed by atoms with Gasteiger partial charge in [0.2, 0.25) is 0 Å². The molecule has 1 N–H and O–H groups in total. The SMILES string of the molecule is C=CC1CCCCC1(C(=O)O)C(C)(C)C. The fraction of sp³-hybridized carbons (Fsp3) is 0.769. The normalized spacial score (nSPS) is 32.3. The van der Waals surface area contributed by atoms with E-state index in [1.54, 1.807) is 0 Å². The Labute approximate surface area is 92.4 Å². The Morgan fingerprint density at radius 2 is 2.07 bits per heavy atom. The van der Waals surface area contributed by atoms with Gasteiger partial charge in [-0.05, 0) is 24.2 Å². The van der Waals surface area contributed by atoms with Gasteiger partial charge in [0.1, 0.15) is 0 Å². The van der Waals surface area contributed by atoms with Crippen LogP contribution in [0, 0.1) is 16.7 Å². The second-order valence-electron chi connectivity index (χ2n) is 5.61. The highest BCUT2D eigenvalue weighted by Crippen LogP contribution is 2.53. The molecule has 0 heterocycles. The van der Waals surface area contributed by atoms with Gasteiger partial charge < -0.3 is 5.11 Å². The van der Waals surface area contributed by atoms with Gasteiger partial charge in [-0.2, -0.15) is 0 Å².